The van der Waals surface area contributed by atoms with Crippen LogP contribution in [0.3, 0.4) is 0 Å². The number of aryl methyl sites for hydroxylation is 1. The van der Waals surface area contributed by atoms with E-state index in [-0.39, 0.29) is 12.5 Å². The van der Waals surface area contributed by atoms with Crippen molar-refractivity contribution in [2.24, 2.45) is 5.41 Å². The molecule has 0 bridgehead atoms. The number of carboxylic acid groups (broad SMARTS) is 1. The van der Waals surface area contributed by atoms with Gasteiger partial charge in [-0.15, -0.1) is 0 Å². The van der Waals surface area contributed by atoms with E-state index in [1.807, 2.05) is 26.8 Å². The number of carbonyl (C=O) groups excluding carboxylic acids is 1. The molecule has 6 nitrogen and oxygen atoms in total. The summed E-state index contributed by atoms with van der Waals surface area (Å²) in [5.74, 6) is -1.17. The van der Waals surface area contributed by atoms with Gasteiger partial charge in [-0.2, -0.15) is 5.10 Å². The van der Waals surface area contributed by atoms with Crippen molar-refractivity contribution in [1.29, 1.82) is 0 Å². The Morgan fingerprint density at radius 1 is 1.32 bits per heavy atom. The topological polar surface area (TPSA) is 95.1 Å². The molecule has 1 heterocycles. The average Bonchev–Trinajstić information content (AvgIpc) is 2.95. The predicted octanol–water partition coefficient (Wildman–Crippen LogP) is 2.49. The smallest absolute Gasteiger partial charge is 0.311 e. The number of hydrogen-bond acceptors (Lipinski definition) is 3. The lowest BCUT2D eigenvalue weighted by Gasteiger charge is -2.26. The molecule has 1 amide bonds. The van der Waals surface area contributed by atoms with Crippen LogP contribution >= 0.6 is 0 Å². The van der Waals surface area contributed by atoms with E-state index in [0.29, 0.717) is 23.9 Å². The van der Waals surface area contributed by atoms with Crippen LogP contribution in [-0.2, 0) is 4.79 Å². The van der Waals surface area contributed by atoms with Gasteiger partial charge in [0.05, 0.1) is 22.7 Å². The molecule has 2 aromatic rings. The standard InChI is InChI=1S/C16H21N3O3/c1-4-16(5-2,15(21)22)9-17-14(20)12-7-10(3)6-11-8-18-19-13(11)12/h6-8H,4-5,9H2,1-3H3,(H,17,20)(H,18,19)(H,21,22). The second kappa shape index (κ2) is 6.17. The third-order valence-corrected chi connectivity index (χ3v) is 4.33. The van der Waals surface area contributed by atoms with Gasteiger partial charge in [0.2, 0.25) is 0 Å². The number of hydrogen-bond donors (Lipinski definition) is 3. The first-order valence-corrected chi connectivity index (χ1v) is 7.39. The maximum Gasteiger partial charge on any atom is 0.311 e. The second-order valence-electron chi connectivity index (χ2n) is 5.62. The lowest BCUT2D eigenvalue weighted by atomic mass is 9.82. The van der Waals surface area contributed by atoms with Crippen LogP contribution in [0.1, 0.15) is 42.6 Å². The monoisotopic (exact) mass is 303 g/mol. The molecular formula is C16H21N3O3. The quantitative estimate of drug-likeness (QED) is 0.764. The van der Waals surface area contributed by atoms with Crippen LogP contribution < -0.4 is 5.32 Å². The minimum Gasteiger partial charge on any atom is -0.481 e. The van der Waals surface area contributed by atoms with Crippen molar-refractivity contribution >= 4 is 22.8 Å². The van der Waals surface area contributed by atoms with Crippen molar-refractivity contribution < 1.29 is 14.7 Å². The van der Waals surface area contributed by atoms with E-state index >= 15 is 0 Å². The summed E-state index contributed by atoms with van der Waals surface area (Å²) in [6.45, 7) is 5.66. The number of carbonyl (C=O) groups is 2. The molecule has 118 valence electrons. The molecule has 0 aliphatic heterocycles. The van der Waals surface area contributed by atoms with Crippen LogP contribution in [0, 0.1) is 12.3 Å². The number of benzene rings is 1. The molecule has 1 aromatic heterocycles. The number of nitrogens with zero attached hydrogens (tertiary/aromatic N) is 1. The summed E-state index contributed by atoms with van der Waals surface area (Å²) in [6, 6.07) is 3.71. The fourth-order valence-electron chi connectivity index (χ4n) is 2.61. The Kier molecular flexibility index (Phi) is 4.49. The Balaban J connectivity index is 2.25. The van der Waals surface area contributed by atoms with Crippen molar-refractivity contribution in [2.75, 3.05) is 6.54 Å². The maximum atomic E-state index is 12.5. The molecule has 1 aromatic carbocycles. The van der Waals surface area contributed by atoms with E-state index in [9.17, 15) is 14.7 Å². The predicted molar refractivity (Wildman–Crippen MR) is 83.8 cm³/mol. The highest BCUT2D eigenvalue weighted by molar-refractivity contribution is 6.05. The van der Waals surface area contributed by atoms with Crippen molar-refractivity contribution in [3.63, 3.8) is 0 Å². The Bertz CT molecular complexity index is 702. The van der Waals surface area contributed by atoms with Gasteiger partial charge in [0, 0.05) is 11.9 Å². The highest BCUT2D eigenvalue weighted by atomic mass is 16.4. The number of aromatic amines is 1. The van der Waals surface area contributed by atoms with Gasteiger partial charge in [0.15, 0.2) is 0 Å². The Hall–Kier alpha value is -2.37. The molecule has 0 aliphatic rings. The largest absolute Gasteiger partial charge is 0.481 e. The zero-order valence-electron chi connectivity index (χ0n) is 13.1. The molecule has 3 N–H and O–H groups in total. The summed E-state index contributed by atoms with van der Waals surface area (Å²) in [6.07, 6.45) is 2.59. The molecule has 0 radical (unpaired) electrons. The third-order valence-electron chi connectivity index (χ3n) is 4.33. The van der Waals surface area contributed by atoms with E-state index in [0.717, 1.165) is 10.9 Å². The molecule has 22 heavy (non-hydrogen) atoms. The van der Waals surface area contributed by atoms with Crippen molar-refractivity contribution in [2.45, 2.75) is 33.6 Å². The summed E-state index contributed by atoms with van der Waals surface area (Å²) < 4.78 is 0. The Morgan fingerprint density at radius 2 is 2.00 bits per heavy atom. The highest BCUT2D eigenvalue weighted by Gasteiger charge is 2.35. The molecule has 0 saturated heterocycles. The van der Waals surface area contributed by atoms with Crippen LogP contribution in [0.25, 0.3) is 10.9 Å². The zero-order chi connectivity index (χ0) is 16.3. The Labute approximate surface area is 128 Å². The fraction of sp³-hybridized carbons (Fsp3) is 0.438. The summed E-state index contributed by atoms with van der Waals surface area (Å²) in [7, 11) is 0. The summed E-state index contributed by atoms with van der Waals surface area (Å²) in [4.78, 5) is 23.9. The van der Waals surface area contributed by atoms with Gasteiger partial charge in [-0.25, -0.2) is 0 Å². The summed E-state index contributed by atoms with van der Waals surface area (Å²) in [5.41, 5.74) is 1.18. The molecule has 0 atom stereocenters. The summed E-state index contributed by atoms with van der Waals surface area (Å²) in [5, 5.41) is 19.8. The SMILES string of the molecule is CCC(CC)(CNC(=O)c1cc(C)cc2cn[nH]c12)C(=O)O. The number of aromatic nitrogens is 2. The van der Waals surface area contributed by atoms with Crippen LogP contribution in [-0.4, -0.2) is 33.7 Å². The number of fused-ring (bicyclic) bond motifs is 1. The molecule has 6 heteroatoms. The van der Waals surface area contributed by atoms with Gasteiger partial charge >= 0.3 is 5.97 Å². The van der Waals surface area contributed by atoms with Crippen LogP contribution in [0.15, 0.2) is 18.3 Å². The minimum absolute atomic E-state index is 0.109. The average molecular weight is 303 g/mol. The number of carboxylic acids is 1. The van der Waals surface area contributed by atoms with Gasteiger partial charge in [0.1, 0.15) is 0 Å². The van der Waals surface area contributed by atoms with Gasteiger partial charge in [-0.3, -0.25) is 14.7 Å². The highest BCUT2D eigenvalue weighted by Crippen LogP contribution is 2.26. The van der Waals surface area contributed by atoms with Crippen LogP contribution in [0.5, 0.6) is 0 Å². The Morgan fingerprint density at radius 3 is 2.59 bits per heavy atom. The van der Waals surface area contributed by atoms with Gasteiger partial charge < -0.3 is 10.4 Å². The first kappa shape index (κ1) is 16.0. The van der Waals surface area contributed by atoms with Crippen molar-refractivity contribution in [1.82, 2.24) is 15.5 Å². The first-order chi connectivity index (χ1) is 10.4. The molecule has 0 spiro atoms. The number of H-pyrrole nitrogens is 1. The fourth-order valence-corrected chi connectivity index (χ4v) is 2.61. The second-order valence-corrected chi connectivity index (χ2v) is 5.62. The van der Waals surface area contributed by atoms with Crippen molar-refractivity contribution in [3.05, 3.63) is 29.5 Å². The first-order valence-electron chi connectivity index (χ1n) is 7.39. The molecule has 0 aliphatic carbocycles. The van der Waals surface area contributed by atoms with E-state index < -0.39 is 11.4 Å². The van der Waals surface area contributed by atoms with Gasteiger partial charge in [-0.05, 0) is 37.5 Å². The van der Waals surface area contributed by atoms with Gasteiger partial charge in [0.25, 0.3) is 5.91 Å². The number of amides is 1. The summed E-state index contributed by atoms with van der Waals surface area (Å²) >= 11 is 0. The van der Waals surface area contributed by atoms with Crippen LogP contribution in [0.2, 0.25) is 0 Å². The van der Waals surface area contributed by atoms with E-state index in [1.54, 1.807) is 12.3 Å². The minimum atomic E-state index is -0.924. The molecular weight excluding hydrogens is 282 g/mol. The maximum absolute atomic E-state index is 12.5. The third kappa shape index (κ3) is 2.81. The van der Waals surface area contributed by atoms with Crippen LogP contribution in [0.4, 0.5) is 0 Å². The van der Waals surface area contributed by atoms with E-state index in [4.69, 9.17) is 0 Å². The van der Waals surface area contributed by atoms with E-state index in [2.05, 4.69) is 15.5 Å². The molecule has 0 unspecified atom stereocenters. The normalized spacial score (nSPS) is 11.6. The number of nitrogens with one attached hydrogen (secondary N) is 2. The zero-order valence-corrected chi connectivity index (χ0v) is 13.1. The molecule has 0 fully saturated rings. The number of aliphatic carboxylic acids is 1. The molecule has 0 saturated carbocycles. The number of rotatable bonds is 6. The van der Waals surface area contributed by atoms with E-state index in [1.165, 1.54) is 0 Å². The van der Waals surface area contributed by atoms with Gasteiger partial charge in [-0.1, -0.05) is 13.8 Å². The van der Waals surface area contributed by atoms with Crippen molar-refractivity contribution in [3.8, 4) is 0 Å². The molecule has 2 rings (SSSR count). The lowest BCUT2D eigenvalue weighted by molar-refractivity contribution is -0.149. The lowest BCUT2D eigenvalue weighted by Crippen LogP contribution is -2.42.